The van der Waals surface area contributed by atoms with E-state index in [-0.39, 0.29) is 29.1 Å². The minimum Gasteiger partial charge on any atom is -0.388 e. The normalized spacial score (nSPS) is 12.9. The molecule has 0 unspecified atom stereocenters. The average molecular weight is 494 g/mol. The summed E-state index contributed by atoms with van der Waals surface area (Å²) in [7, 11) is 3.45. The molecule has 9 heteroatoms. The van der Waals surface area contributed by atoms with Crippen molar-refractivity contribution in [2.75, 3.05) is 24.3 Å². The molecule has 0 atom stereocenters. The van der Waals surface area contributed by atoms with E-state index in [0.717, 1.165) is 22.4 Å². The van der Waals surface area contributed by atoms with Gasteiger partial charge in [0, 0.05) is 60.8 Å². The first kappa shape index (κ1) is 24.2. The van der Waals surface area contributed by atoms with E-state index in [1.165, 1.54) is 28.1 Å². The number of amides is 3. The van der Waals surface area contributed by atoms with Crippen LogP contribution in [-0.4, -0.2) is 37.1 Å². The summed E-state index contributed by atoms with van der Waals surface area (Å²) in [4.78, 5) is 28.9. The molecule has 0 aromatic heterocycles. The second-order valence-corrected chi connectivity index (χ2v) is 8.67. The highest BCUT2D eigenvalue weighted by Crippen LogP contribution is 2.32. The fourth-order valence-electron chi connectivity index (χ4n) is 4.06. The maximum Gasteiger partial charge on any atom is 0.324 e. The number of hydrogen-bond acceptors (Lipinski definition) is 4. The van der Waals surface area contributed by atoms with E-state index in [4.69, 9.17) is 17.0 Å². The van der Waals surface area contributed by atoms with E-state index in [2.05, 4.69) is 10.6 Å². The molecule has 0 saturated heterocycles. The van der Waals surface area contributed by atoms with Crippen LogP contribution < -0.4 is 15.5 Å². The molecule has 35 heavy (non-hydrogen) atoms. The van der Waals surface area contributed by atoms with Gasteiger partial charge in [0.25, 0.3) is 5.91 Å². The summed E-state index contributed by atoms with van der Waals surface area (Å²) in [6.45, 7) is 0.613. The summed E-state index contributed by atoms with van der Waals surface area (Å²) in [5, 5.41) is 13.6. The first-order valence-electron chi connectivity index (χ1n) is 11.0. The van der Waals surface area contributed by atoms with Gasteiger partial charge in [-0.1, -0.05) is 35.9 Å². The number of hydrogen-bond donors (Lipinski definition) is 3. The first-order valence-corrected chi connectivity index (χ1v) is 11.4. The number of nitrogens with one attached hydrogen (secondary N) is 3. The van der Waals surface area contributed by atoms with Crippen LogP contribution in [0.3, 0.4) is 0 Å². The maximum atomic E-state index is 14.5. The molecular formula is C26H25ClFN5O2. The zero-order valence-electron chi connectivity index (χ0n) is 19.4. The highest BCUT2D eigenvalue weighted by molar-refractivity contribution is 6.31. The number of carbonyl (C=O) groups excluding carboxylic acids is 2. The predicted molar refractivity (Wildman–Crippen MR) is 136 cm³/mol. The molecular weight excluding hydrogens is 469 g/mol. The third-order valence-electron chi connectivity index (χ3n) is 5.98. The van der Waals surface area contributed by atoms with Gasteiger partial charge in [-0.3, -0.25) is 9.69 Å². The molecule has 0 bridgehead atoms. The van der Waals surface area contributed by atoms with Crippen LogP contribution in [0.2, 0.25) is 5.02 Å². The third-order valence-corrected chi connectivity index (χ3v) is 6.33. The lowest BCUT2D eigenvalue weighted by atomic mass is 10.0. The monoisotopic (exact) mass is 493 g/mol. The van der Waals surface area contributed by atoms with Crippen molar-refractivity contribution in [3.05, 3.63) is 93.3 Å². The molecule has 3 aromatic carbocycles. The Balaban J connectivity index is 1.58. The van der Waals surface area contributed by atoms with Crippen LogP contribution in [0.15, 0.2) is 54.6 Å². The standard InChI is InChI=1S/C26H25ClFN5O2/c1-30-23-10-16(6-7-18(23)12-29)13-31-25(34)17-8-9-19-14-32(2)26(35)33(24(19)11-17)15-20-21(27)4-3-5-22(20)28/h3-12,29-30H,13-15H2,1-2H3,(H,31,34). The second kappa shape index (κ2) is 10.1. The van der Waals surface area contributed by atoms with Crippen molar-refractivity contribution in [3.63, 3.8) is 0 Å². The minimum absolute atomic E-state index is 0.0566. The van der Waals surface area contributed by atoms with Crippen molar-refractivity contribution < 1.29 is 14.0 Å². The second-order valence-electron chi connectivity index (χ2n) is 8.27. The molecule has 1 aliphatic heterocycles. The summed E-state index contributed by atoms with van der Waals surface area (Å²) >= 11 is 6.21. The third kappa shape index (κ3) is 4.97. The van der Waals surface area contributed by atoms with Crippen LogP contribution in [0, 0.1) is 11.2 Å². The summed E-state index contributed by atoms with van der Waals surface area (Å²) in [5.74, 6) is -0.797. The molecule has 3 aromatic rings. The topological polar surface area (TPSA) is 88.5 Å². The Kier molecular flexibility index (Phi) is 7.02. The number of nitrogens with zero attached hydrogens (tertiary/aromatic N) is 2. The largest absolute Gasteiger partial charge is 0.388 e. The first-order chi connectivity index (χ1) is 16.8. The molecule has 0 aliphatic carbocycles. The molecule has 7 nitrogen and oxygen atoms in total. The lowest BCUT2D eigenvalue weighted by molar-refractivity contribution is 0.0950. The van der Waals surface area contributed by atoms with Crippen LogP contribution in [0.5, 0.6) is 0 Å². The molecule has 4 rings (SSSR count). The van der Waals surface area contributed by atoms with Crippen LogP contribution in [0.4, 0.5) is 20.6 Å². The molecule has 180 valence electrons. The van der Waals surface area contributed by atoms with Crippen molar-refractivity contribution in [2.45, 2.75) is 19.6 Å². The Labute approximate surface area is 208 Å². The summed E-state index contributed by atoms with van der Waals surface area (Å²) < 4.78 is 14.5. The summed E-state index contributed by atoms with van der Waals surface area (Å²) in [6.07, 6.45) is 1.26. The van der Waals surface area contributed by atoms with Crippen LogP contribution in [0.25, 0.3) is 0 Å². The van der Waals surface area contributed by atoms with Gasteiger partial charge in [0.1, 0.15) is 5.82 Å². The van der Waals surface area contributed by atoms with Crippen molar-refractivity contribution in [1.82, 2.24) is 10.2 Å². The van der Waals surface area contributed by atoms with E-state index in [9.17, 15) is 14.0 Å². The number of urea groups is 1. The zero-order valence-corrected chi connectivity index (χ0v) is 20.1. The number of anilines is 2. The number of fused-ring (bicyclic) bond motifs is 1. The van der Waals surface area contributed by atoms with Crippen LogP contribution in [0.1, 0.15) is 32.6 Å². The highest BCUT2D eigenvalue weighted by Gasteiger charge is 2.30. The summed E-state index contributed by atoms with van der Waals surface area (Å²) in [6, 6.07) is 14.8. The van der Waals surface area contributed by atoms with Gasteiger partial charge in [0.15, 0.2) is 0 Å². The smallest absolute Gasteiger partial charge is 0.324 e. The quantitative estimate of drug-likeness (QED) is 0.404. The number of carbonyl (C=O) groups is 2. The Bertz CT molecular complexity index is 1290. The zero-order chi connectivity index (χ0) is 25.1. The van der Waals surface area contributed by atoms with Crippen molar-refractivity contribution >= 4 is 41.1 Å². The molecule has 1 aliphatic rings. The van der Waals surface area contributed by atoms with Gasteiger partial charge < -0.3 is 20.9 Å². The molecule has 0 spiro atoms. The molecule has 0 fully saturated rings. The minimum atomic E-state index is -0.496. The SMILES string of the molecule is CNc1cc(CNC(=O)c2ccc3c(c2)N(Cc2c(F)cccc2Cl)C(=O)N(C)C3)ccc1C=N. The Morgan fingerprint density at radius 2 is 2.00 bits per heavy atom. The van der Waals surface area contributed by atoms with Crippen molar-refractivity contribution in [1.29, 1.82) is 5.41 Å². The highest BCUT2D eigenvalue weighted by atomic mass is 35.5. The molecule has 0 saturated carbocycles. The maximum absolute atomic E-state index is 14.5. The van der Waals surface area contributed by atoms with Crippen molar-refractivity contribution in [2.24, 2.45) is 0 Å². The van der Waals surface area contributed by atoms with Gasteiger partial charge in [0.2, 0.25) is 0 Å². The summed E-state index contributed by atoms with van der Waals surface area (Å²) in [5.41, 5.74) is 4.42. The molecule has 3 amide bonds. The van der Waals surface area contributed by atoms with Gasteiger partial charge in [-0.25, -0.2) is 9.18 Å². The number of rotatable bonds is 7. The van der Waals surface area contributed by atoms with Crippen LogP contribution in [-0.2, 0) is 19.6 Å². The fourth-order valence-corrected chi connectivity index (χ4v) is 4.28. The lowest BCUT2D eigenvalue weighted by Crippen LogP contribution is -2.45. The van der Waals surface area contributed by atoms with E-state index in [1.54, 1.807) is 38.4 Å². The Morgan fingerprint density at radius 3 is 2.71 bits per heavy atom. The fraction of sp³-hybridized carbons (Fsp3) is 0.192. The van der Waals surface area contributed by atoms with E-state index in [0.29, 0.717) is 24.3 Å². The van der Waals surface area contributed by atoms with Gasteiger partial charge in [-0.15, -0.1) is 0 Å². The van der Waals surface area contributed by atoms with E-state index < -0.39 is 5.82 Å². The number of benzene rings is 3. The average Bonchev–Trinajstić information content (AvgIpc) is 2.86. The van der Waals surface area contributed by atoms with E-state index >= 15 is 0 Å². The Hall–Kier alpha value is -3.91. The van der Waals surface area contributed by atoms with Gasteiger partial charge >= 0.3 is 6.03 Å². The number of halogens is 2. The molecule has 0 radical (unpaired) electrons. The molecule has 1 heterocycles. The van der Waals surface area contributed by atoms with Gasteiger partial charge in [-0.05, 0) is 41.5 Å². The predicted octanol–water partition coefficient (Wildman–Crippen LogP) is 5.02. The van der Waals surface area contributed by atoms with E-state index in [1.807, 2.05) is 18.2 Å². The molecule has 3 N–H and O–H groups in total. The lowest BCUT2D eigenvalue weighted by Gasteiger charge is -2.35. The van der Waals surface area contributed by atoms with Gasteiger partial charge in [0.05, 0.1) is 12.2 Å². The van der Waals surface area contributed by atoms with Crippen LogP contribution >= 0.6 is 11.6 Å². The van der Waals surface area contributed by atoms with Crippen molar-refractivity contribution in [3.8, 4) is 0 Å². The van der Waals surface area contributed by atoms with Gasteiger partial charge in [-0.2, -0.15) is 0 Å². The Morgan fingerprint density at radius 1 is 1.20 bits per heavy atom.